The zero-order valence-electron chi connectivity index (χ0n) is 20.6. The van der Waals surface area contributed by atoms with E-state index in [1.54, 1.807) is 12.1 Å². The van der Waals surface area contributed by atoms with Crippen molar-refractivity contribution >= 4 is 35.1 Å². The second-order valence-electron chi connectivity index (χ2n) is 8.44. The molecule has 2 amide bonds. The third-order valence-corrected chi connectivity index (χ3v) is 5.89. The Morgan fingerprint density at radius 1 is 1.11 bits per heavy atom. The summed E-state index contributed by atoms with van der Waals surface area (Å²) in [7, 11) is 2.61. The Morgan fingerprint density at radius 2 is 1.87 bits per heavy atom. The van der Waals surface area contributed by atoms with Gasteiger partial charge in [0.05, 0.1) is 32.0 Å². The lowest BCUT2D eigenvalue weighted by Crippen LogP contribution is -2.37. The van der Waals surface area contributed by atoms with Crippen LogP contribution >= 0.6 is 0 Å². The van der Waals surface area contributed by atoms with Crippen LogP contribution in [0.1, 0.15) is 29.7 Å². The van der Waals surface area contributed by atoms with Crippen molar-refractivity contribution in [2.24, 2.45) is 0 Å². The summed E-state index contributed by atoms with van der Waals surface area (Å²) in [6, 6.07) is 10.8. The molecule has 3 aromatic rings. The molecular weight excluding hydrogens is 505 g/mol. The molecule has 1 heterocycles. The fourth-order valence-corrected chi connectivity index (χ4v) is 4.22. The molecule has 38 heavy (non-hydrogen) atoms. The smallest absolute Gasteiger partial charge is 0.421 e. The van der Waals surface area contributed by atoms with Crippen LogP contribution in [-0.2, 0) is 22.1 Å². The molecule has 0 bridgehead atoms. The first-order chi connectivity index (χ1) is 18.1. The molecule has 0 radical (unpaired) electrons. The Balaban J connectivity index is 1.64. The van der Waals surface area contributed by atoms with Crippen LogP contribution < -0.4 is 26.0 Å². The second-order valence-corrected chi connectivity index (χ2v) is 8.44. The van der Waals surface area contributed by atoms with Crippen molar-refractivity contribution in [3.05, 3.63) is 65.4 Å². The molecule has 4 rings (SSSR count). The first-order valence-corrected chi connectivity index (χ1v) is 11.4. The van der Waals surface area contributed by atoms with E-state index in [2.05, 4.69) is 36.0 Å². The number of alkyl halides is 3. The SMILES string of the molecule is COC(=O)Nc1ccc(Nc2ncc(C(F)(F)F)c(N[C@@H]3Cc4ccccc4[C@H]3NC(C)=O)n2)c(OC)c1. The highest BCUT2D eigenvalue weighted by atomic mass is 19.4. The molecule has 0 aliphatic heterocycles. The van der Waals surface area contributed by atoms with E-state index in [-0.39, 0.29) is 17.6 Å². The standard InChI is InChI=1S/C25H25F3N6O4/c1-13(35)30-21-16-7-5-4-6-14(16)10-19(21)32-22-17(25(26,27)28)12-29-23(34-22)33-18-9-8-15(11-20(18)37-2)31-24(36)38-3/h4-9,11-12,19,21H,10H2,1-3H3,(H,30,35)(H,31,36)(H2,29,32,33,34)/t19-,21-/m1/s1. The van der Waals surface area contributed by atoms with Gasteiger partial charge in [-0.25, -0.2) is 9.78 Å². The molecule has 1 aromatic heterocycles. The van der Waals surface area contributed by atoms with E-state index in [0.717, 1.165) is 11.1 Å². The molecule has 4 N–H and O–H groups in total. The van der Waals surface area contributed by atoms with Crippen molar-refractivity contribution in [2.45, 2.75) is 31.6 Å². The summed E-state index contributed by atoms with van der Waals surface area (Å²) in [5.74, 6) is -0.601. The maximum Gasteiger partial charge on any atom is 0.421 e. The number of methoxy groups -OCH3 is 2. The number of halogens is 3. The van der Waals surface area contributed by atoms with Gasteiger partial charge in [-0.15, -0.1) is 0 Å². The van der Waals surface area contributed by atoms with E-state index in [1.165, 1.54) is 27.2 Å². The highest BCUT2D eigenvalue weighted by Crippen LogP contribution is 2.38. The molecule has 1 aliphatic carbocycles. The number of rotatable bonds is 7. The van der Waals surface area contributed by atoms with E-state index in [9.17, 15) is 22.8 Å². The first kappa shape index (κ1) is 26.5. The molecule has 0 fully saturated rings. The van der Waals surface area contributed by atoms with Gasteiger partial charge in [0.2, 0.25) is 11.9 Å². The van der Waals surface area contributed by atoms with Crippen LogP contribution in [0.3, 0.4) is 0 Å². The lowest BCUT2D eigenvalue weighted by Gasteiger charge is -2.24. The summed E-state index contributed by atoms with van der Waals surface area (Å²) >= 11 is 0. The lowest BCUT2D eigenvalue weighted by atomic mass is 10.1. The van der Waals surface area contributed by atoms with Crippen molar-refractivity contribution in [1.82, 2.24) is 15.3 Å². The number of hydrogen-bond donors (Lipinski definition) is 4. The third-order valence-electron chi connectivity index (χ3n) is 5.89. The van der Waals surface area contributed by atoms with Gasteiger partial charge in [0.25, 0.3) is 0 Å². The normalized spacial score (nSPS) is 16.3. The van der Waals surface area contributed by atoms with Crippen LogP contribution in [-0.4, -0.2) is 42.2 Å². The Hall–Kier alpha value is -4.55. The maximum absolute atomic E-state index is 13.9. The predicted octanol–water partition coefficient (Wildman–Crippen LogP) is 4.64. The van der Waals surface area contributed by atoms with Crippen molar-refractivity contribution in [1.29, 1.82) is 0 Å². The predicted molar refractivity (Wildman–Crippen MR) is 133 cm³/mol. The zero-order valence-corrected chi connectivity index (χ0v) is 20.6. The van der Waals surface area contributed by atoms with Gasteiger partial charge in [-0.3, -0.25) is 10.1 Å². The maximum atomic E-state index is 13.9. The fourth-order valence-electron chi connectivity index (χ4n) is 4.22. The molecule has 2 atom stereocenters. The van der Waals surface area contributed by atoms with Gasteiger partial charge in [0.15, 0.2) is 0 Å². The van der Waals surface area contributed by atoms with Crippen LogP contribution in [0.4, 0.5) is 41.1 Å². The Labute approximate surface area is 216 Å². The average molecular weight is 531 g/mol. The summed E-state index contributed by atoms with van der Waals surface area (Å²) < 4.78 is 51.5. The third kappa shape index (κ3) is 5.88. The van der Waals surface area contributed by atoms with Gasteiger partial charge in [0.1, 0.15) is 17.1 Å². The zero-order chi connectivity index (χ0) is 27.4. The molecule has 13 heteroatoms. The summed E-state index contributed by atoms with van der Waals surface area (Å²) in [6.45, 7) is 1.35. The molecule has 0 spiro atoms. The first-order valence-electron chi connectivity index (χ1n) is 11.4. The van der Waals surface area contributed by atoms with Crippen LogP contribution in [0.25, 0.3) is 0 Å². The van der Waals surface area contributed by atoms with Crippen molar-refractivity contribution in [2.75, 3.05) is 30.2 Å². The molecule has 200 valence electrons. The number of nitrogens with zero attached hydrogens (tertiary/aromatic N) is 2. The minimum Gasteiger partial charge on any atom is -0.494 e. The molecule has 2 aromatic carbocycles. The monoisotopic (exact) mass is 530 g/mol. The number of carbonyl (C=O) groups is 2. The summed E-state index contributed by atoms with van der Waals surface area (Å²) in [4.78, 5) is 31.3. The topological polar surface area (TPSA) is 126 Å². The highest BCUT2D eigenvalue weighted by molar-refractivity contribution is 5.85. The van der Waals surface area contributed by atoms with Gasteiger partial charge >= 0.3 is 12.3 Å². The largest absolute Gasteiger partial charge is 0.494 e. The molecule has 0 saturated carbocycles. The Bertz CT molecular complexity index is 1350. The van der Waals surface area contributed by atoms with Gasteiger partial charge in [-0.2, -0.15) is 18.2 Å². The molecule has 1 aliphatic rings. The van der Waals surface area contributed by atoms with Crippen molar-refractivity contribution in [3.8, 4) is 5.75 Å². The van der Waals surface area contributed by atoms with E-state index in [1.807, 2.05) is 24.3 Å². The van der Waals surface area contributed by atoms with Crippen molar-refractivity contribution < 1.29 is 32.2 Å². The highest BCUT2D eigenvalue weighted by Gasteiger charge is 2.38. The number of fused-ring (bicyclic) bond motifs is 1. The summed E-state index contributed by atoms with van der Waals surface area (Å²) in [5, 5.41) is 11.1. The summed E-state index contributed by atoms with van der Waals surface area (Å²) in [5.41, 5.74) is 1.41. The fraction of sp³-hybridized carbons (Fsp3) is 0.280. The van der Waals surface area contributed by atoms with Gasteiger partial charge in [-0.1, -0.05) is 24.3 Å². The number of aromatic nitrogens is 2. The van der Waals surface area contributed by atoms with Crippen LogP contribution in [0, 0.1) is 0 Å². The Kier molecular flexibility index (Phi) is 7.55. The molecule has 0 saturated heterocycles. The molecule has 0 unspecified atom stereocenters. The van der Waals surface area contributed by atoms with Crippen LogP contribution in [0.15, 0.2) is 48.7 Å². The number of anilines is 4. The number of nitrogens with one attached hydrogen (secondary N) is 4. The number of hydrogen-bond acceptors (Lipinski definition) is 8. The lowest BCUT2D eigenvalue weighted by molar-refractivity contribution is -0.137. The van der Waals surface area contributed by atoms with Gasteiger partial charge in [0, 0.05) is 24.9 Å². The quantitative estimate of drug-likeness (QED) is 0.348. The van der Waals surface area contributed by atoms with Crippen molar-refractivity contribution in [3.63, 3.8) is 0 Å². The molecule has 10 nitrogen and oxygen atoms in total. The van der Waals surface area contributed by atoms with Crippen LogP contribution in [0.2, 0.25) is 0 Å². The number of ether oxygens (including phenoxy) is 2. The van der Waals surface area contributed by atoms with E-state index in [4.69, 9.17) is 4.74 Å². The van der Waals surface area contributed by atoms with Gasteiger partial charge < -0.3 is 25.4 Å². The van der Waals surface area contributed by atoms with Gasteiger partial charge in [-0.05, 0) is 29.7 Å². The number of carbonyl (C=O) groups excluding carboxylic acids is 2. The Morgan fingerprint density at radius 3 is 2.55 bits per heavy atom. The van der Waals surface area contributed by atoms with Crippen LogP contribution in [0.5, 0.6) is 5.75 Å². The number of amides is 2. The average Bonchev–Trinajstić information content (AvgIpc) is 3.20. The van der Waals surface area contributed by atoms with E-state index < -0.39 is 35.7 Å². The number of benzene rings is 2. The van der Waals surface area contributed by atoms with E-state index >= 15 is 0 Å². The van der Waals surface area contributed by atoms with E-state index in [0.29, 0.717) is 24.0 Å². The molecular formula is C25H25F3N6O4. The summed E-state index contributed by atoms with van der Waals surface area (Å²) in [6.07, 6.45) is -4.34. The second kappa shape index (κ2) is 10.8. The minimum absolute atomic E-state index is 0.126. The minimum atomic E-state index is -4.73.